The molecule has 3 aromatic heterocycles. The van der Waals surface area contributed by atoms with Gasteiger partial charge < -0.3 is 4.52 Å². The number of pyridine rings is 1. The standard InChI is InChI=1S/C17H18N6O/c1-12-19-7-4-15(20-12)11-23-8-5-14(10-23)17-21-16(22-24-17)13-3-2-6-18-9-13/h2-4,6-7,9,14H,5,8,10-11H2,1H3/t14-/m1/s1. The second kappa shape index (κ2) is 6.45. The Hall–Kier alpha value is -2.67. The molecule has 0 saturated carbocycles. The Morgan fingerprint density at radius 1 is 1.25 bits per heavy atom. The molecule has 0 bridgehead atoms. The monoisotopic (exact) mass is 322 g/mol. The van der Waals surface area contributed by atoms with Gasteiger partial charge in [0.1, 0.15) is 5.82 Å². The lowest BCUT2D eigenvalue weighted by Crippen LogP contribution is -2.20. The first-order chi connectivity index (χ1) is 11.8. The molecule has 0 radical (unpaired) electrons. The van der Waals surface area contributed by atoms with E-state index < -0.39 is 0 Å². The summed E-state index contributed by atoms with van der Waals surface area (Å²) >= 11 is 0. The van der Waals surface area contributed by atoms with Crippen molar-refractivity contribution in [3.8, 4) is 11.4 Å². The van der Waals surface area contributed by atoms with Crippen LogP contribution in [0, 0.1) is 6.92 Å². The predicted octanol–water partition coefficient (Wildman–Crippen LogP) is 2.22. The fourth-order valence-corrected chi connectivity index (χ4v) is 3.01. The fraction of sp³-hybridized carbons (Fsp3) is 0.353. The Balaban J connectivity index is 1.43. The maximum absolute atomic E-state index is 5.48. The summed E-state index contributed by atoms with van der Waals surface area (Å²) in [6.45, 7) is 4.63. The number of hydrogen-bond acceptors (Lipinski definition) is 7. The Labute approximate surface area is 139 Å². The Kier molecular flexibility index (Phi) is 4.00. The molecule has 4 rings (SSSR count). The lowest BCUT2D eigenvalue weighted by atomic mass is 10.1. The number of hydrogen-bond donors (Lipinski definition) is 0. The molecule has 4 heterocycles. The highest BCUT2D eigenvalue weighted by Crippen LogP contribution is 2.28. The highest BCUT2D eigenvalue weighted by molar-refractivity contribution is 5.51. The number of rotatable bonds is 4. The van der Waals surface area contributed by atoms with Gasteiger partial charge in [0.15, 0.2) is 0 Å². The summed E-state index contributed by atoms with van der Waals surface area (Å²) in [6.07, 6.45) is 6.29. The normalized spacial score (nSPS) is 18.1. The maximum Gasteiger partial charge on any atom is 0.231 e. The number of aromatic nitrogens is 5. The van der Waals surface area contributed by atoms with Crippen LogP contribution in [0.2, 0.25) is 0 Å². The van der Waals surface area contributed by atoms with E-state index in [9.17, 15) is 0 Å². The van der Waals surface area contributed by atoms with E-state index in [0.29, 0.717) is 11.7 Å². The van der Waals surface area contributed by atoms with Gasteiger partial charge in [0.05, 0.1) is 11.6 Å². The van der Waals surface area contributed by atoms with Gasteiger partial charge in [-0.25, -0.2) is 9.97 Å². The van der Waals surface area contributed by atoms with E-state index in [1.54, 1.807) is 12.4 Å². The molecule has 0 unspecified atom stereocenters. The molecule has 3 aromatic rings. The number of likely N-dealkylation sites (tertiary alicyclic amines) is 1. The van der Waals surface area contributed by atoms with Gasteiger partial charge in [-0.1, -0.05) is 5.16 Å². The summed E-state index contributed by atoms with van der Waals surface area (Å²) in [7, 11) is 0. The molecule has 1 saturated heterocycles. The molecule has 1 atom stereocenters. The van der Waals surface area contributed by atoms with Crippen molar-refractivity contribution in [2.24, 2.45) is 0 Å². The largest absolute Gasteiger partial charge is 0.339 e. The fourth-order valence-electron chi connectivity index (χ4n) is 3.01. The van der Waals surface area contributed by atoms with E-state index in [2.05, 4.69) is 30.0 Å². The van der Waals surface area contributed by atoms with Gasteiger partial charge in [-0.2, -0.15) is 4.98 Å². The minimum Gasteiger partial charge on any atom is -0.339 e. The van der Waals surface area contributed by atoms with Crippen molar-refractivity contribution in [3.05, 3.63) is 54.2 Å². The second-order valence-corrected chi connectivity index (χ2v) is 6.01. The van der Waals surface area contributed by atoms with Crippen LogP contribution in [-0.2, 0) is 6.54 Å². The topological polar surface area (TPSA) is 80.8 Å². The maximum atomic E-state index is 5.48. The van der Waals surface area contributed by atoms with Crippen LogP contribution in [0.5, 0.6) is 0 Å². The van der Waals surface area contributed by atoms with Gasteiger partial charge in [0.2, 0.25) is 11.7 Å². The first-order valence-electron chi connectivity index (χ1n) is 8.03. The van der Waals surface area contributed by atoms with Gasteiger partial charge in [-0.15, -0.1) is 0 Å². The first-order valence-corrected chi connectivity index (χ1v) is 8.03. The molecule has 7 nitrogen and oxygen atoms in total. The summed E-state index contributed by atoms with van der Waals surface area (Å²) in [6, 6.07) is 5.76. The summed E-state index contributed by atoms with van der Waals surface area (Å²) in [4.78, 5) is 19.6. The molecule has 24 heavy (non-hydrogen) atoms. The molecule has 0 aliphatic carbocycles. The van der Waals surface area contributed by atoms with Crippen LogP contribution in [0.3, 0.4) is 0 Å². The molecule has 1 fully saturated rings. The molecule has 0 spiro atoms. The van der Waals surface area contributed by atoms with Gasteiger partial charge >= 0.3 is 0 Å². The third-order valence-corrected chi connectivity index (χ3v) is 4.20. The van der Waals surface area contributed by atoms with E-state index in [0.717, 1.165) is 43.1 Å². The zero-order chi connectivity index (χ0) is 16.4. The first kappa shape index (κ1) is 14.9. The van der Waals surface area contributed by atoms with Crippen molar-refractivity contribution in [2.45, 2.75) is 25.8 Å². The number of aryl methyl sites for hydroxylation is 1. The van der Waals surface area contributed by atoms with Crippen molar-refractivity contribution >= 4 is 0 Å². The molecule has 0 aromatic carbocycles. The molecular weight excluding hydrogens is 304 g/mol. The molecule has 1 aliphatic rings. The van der Waals surface area contributed by atoms with Crippen LogP contribution in [0.4, 0.5) is 0 Å². The van der Waals surface area contributed by atoms with Crippen LogP contribution >= 0.6 is 0 Å². The Bertz CT molecular complexity index is 819. The van der Waals surface area contributed by atoms with E-state index in [4.69, 9.17) is 4.52 Å². The molecule has 122 valence electrons. The minimum atomic E-state index is 0.269. The van der Waals surface area contributed by atoms with Crippen molar-refractivity contribution in [1.29, 1.82) is 0 Å². The molecule has 1 aliphatic heterocycles. The Morgan fingerprint density at radius 3 is 3.04 bits per heavy atom. The summed E-state index contributed by atoms with van der Waals surface area (Å²) in [5.41, 5.74) is 1.92. The van der Waals surface area contributed by atoms with Crippen LogP contribution in [0.25, 0.3) is 11.4 Å². The number of nitrogens with zero attached hydrogens (tertiary/aromatic N) is 6. The van der Waals surface area contributed by atoms with Crippen molar-refractivity contribution in [3.63, 3.8) is 0 Å². The van der Waals surface area contributed by atoms with Crippen LogP contribution < -0.4 is 0 Å². The average molecular weight is 322 g/mol. The van der Waals surface area contributed by atoms with Crippen LogP contribution in [0.1, 0.15) is 29.7 Å². The van der Waals surface area contributed by atoms with Crippen LogP contribution in [-0.4, -0.2) is 43.1 Å². The molecule has 7 heteroatoms. The zero-order valence-electron chi connectivity index (χ0n) is 13.5. The predicted molar refractivity (Wildman–Crippen MR) is 86.9 cm³/mol. The van der Waals surface area contributed by atoms with E-state index in [1.807, 2.05) is 31.3 Å². The van der Waals surface area contributed by atoms with Gasteiger partial charge in [-0.3, -0.25) is 9.88 Å². The van der Waals surface area contributed by atoms with Crippen molar-refractivity contribution in [1.82, 2.24) is 30.0 Å². The SMILES string of the molecule is Cc1nccc(CN2CC[C@@H](c3nc(-c4cccnc4)no3)C2)n1. The third kappa shape index (κ3) is 3.16. The molecule has 0 amide bonds. The van der Waals surface area contributed by atoms with Gasteiger partial charge in [0.25, 0.3) is 0 Å². The quantitative estimate of drug-likeness (QED) is 0.728. The van der Waals surface area contributed by atoms with E-state index in [1.165, 1.54) is 0 Å². The van der Waals surface area contributed by atoms with Crippen molar-refractivity contribution < 1.29 is 4.52 Å². The lowest BCUT2D eigenvalue weighted by molar-refractivity contribution is 0.306. The summed E-state index contributed by atoms with van der Waals surface area (Å²) in [5, 5.41) is 4.09. The van der Waals surface area contributed by atoms with Gasteiger partial charge in [0, 0.05) is 37.2 Å². The van der Waals surface area contributed by atoms with Crippen molar-refractivity contribution in [2.75, 3.05) is 13.1 Å². The molecular formula is C17H18N6O. The average Bonchev–Trinajstić information content (AvgIpc) is 3.25. The zero-order valence-corrected chi connectivity index (χ0v) is 13.5. The minimum absolute atomic E-state index is 0.269. The Morgan fingerprint density at radius 2 is 2.21 bits per heavy atom. The third-order valence-electron chi connectivity index (χ3n) is 4.20. The van der Waals surface area contributed by atoms with E-state index in [-0.39, 0.29) is 5.92 Å². The second-order valence-electron chi connectivity index (χ2n) is 6.01. The highest BCUT2D eigenvalue weighted by Gasteiger charge is 2.28. The highest BCUT2D eigenvalue weighted by atomic mass is 16.5. The summed E-state index contributed by atoms with van der Waals surface area (Å²) in [5.74, 6) is 2.38. The van der Waals surface area contributed by atoms with E-state index >= 15 is 0 Å². The van der Waals surface area contributed by atoms with Gasteiger partial charge in [-0.05, 0) is 38.1 Å². The smallest absolute Gasteiger partial charge is 0.231 e. The lowest BCUT2D eigenvalue weighted by Gasteiger charge is -2.14. The molecule has 0 N–H and O–H groups in total. The summed E-state index contributed by atoms with van der Waals surface area (Å²) < 4.78 is 5.48. The van der Waals surface area contributed by atoms with Crippen LogP contribution in [0.15, 0.2) is 41.3 Å².